The van der Waals surface area contributed by atoms with Crippen molar-refractivity contribution in [3.8, 4) is 0 Å². The molecule has 5 heteroatoms. The van der Waals surface area contributed by atoms with Gasteiger partial charge in [0.1, 0.15) is 5.82 Å². The number of aromatic amines is 1. The van der Waals surface area contributed by atoms with Gasteiger partial charge in [0.25, 0.3) is 0 Å². The molecule has 1 aliphatic carbocycles. The van der Waals surface area contributed by atoms with Crippen molar-refractivity contribution in [1.82, 2.24) is 20.1 Å². The highest BCUT2D eigenvalue weighted by Gasteiger charge is 2.19. The maximum Gasteiger partial charge on any atom is 0.343 e. The Hall–Kier alpha value is -1.10. The minimum absolute atomic E-state index is 0.132. The van der Waals surface area contributed by atoms with Gasteiger partial charge in [0.2, 0.25) is 0 Å². The van der Waals surface area contributed by atoms with E-state index < -0.39 is 0 Å². The molecule has 90 valence electrons. The second kappa shape index (κ2) is 4.82. The molecule has 1 fully saturated rings. The lowest BCUT2D eigenvalue weighted by Gasteiger charge is -2.26. The van der Waals surface area contributed by atoms with Crippen molar-refractivity contribution in [2.24, 2.45) is 7.05 Å². The zero-order valence-electron chi connectivity index (χ0n) is 9.99. The van der Waals surface area contributed by atoms with E-state index in [0.29, 0.717) is 6.04 Å². The highest BCUT2D eigenvalue weighted by Crippen LogP contribution is 2.20. The van der Waals surface area contributed by atoms with Crippen molar-refractivity contribution in [3.05, 3.63) is 16.3 Å². The van der Waals surface area contributed by atoms with Gasteiger partial charge < -0.3 is 5.32 Å². The molecule has 0 amide bonds. The molecule has 0 aromatic carbocycles. The summed E-state index contributed by atoms with van der Waals surface area (Å²) in [5.74, 6) is 0.788. The van der Waals surface area contributed by atoms with Gasteiger partial charge in [0.15, 0.2) is 0 Å². The molecule has 0 spiro atoms. The second-order valence-corrected chi connectivity index (χ2v) is 4.67. The van der Waals surface area contributed by atoms with Crippen LogP contribution in [0, 0.1) is 0 Å². The SMILES string of the molecule is C[C@H](NC1CCCCC1)c1n[nH]c(=O)n1C. The largest absolute Gasteiger partial charge is 0.343 e. The third kappa shape index (κ3) is 2.35. The number of hydrogen-bond donors (Lipinski definition) is 2. The van der Waals surface area contributed by atoms with Crippen LogP contribution >= 0.6 is 0 Å². The predicted molar refractivity (Wildman–Crippen MR) is 62.3 cm³/mol. The van der Waals surface area contributed by atoms with E-state index in [1.54, 1.807) is 11.6 Å². The number of H-pyrrole nitrogens is 1. The van der Waals surface area contributed by atoms with Crippen molar-refractivity contribution in [2.75, 3.05) is 0 Å². The second-order valence-electron chi connectivity index (χ2n) is 4.67. The smallest absolute Gasteiger partial charge is 0.305 e. The molecule has 2 N–H and O–H groups in total. The molecule has 0 unspecified atom stereocenters. The van der Waals surface area contributed by atoms with Crippen molar-refractivity contribution < 1.29 is 0 Å². The Bertz CT molecular complexity index is 389. The first-order chi connectivity index (χ1) is 7.68. The summed E-state index contributed by atoms with van der Waals surface area (Å²) in [4.78, 5) is 11.3. The summed E-state index contributed by atoms with van der Waals surface area (Å²) < 4.78 is 1.57. The van der Waals surface area contributed by atoms with E-state index in [4.69, 9.17) is 0 Å². The van der Waals surface area contributed by atoms with Crippen LogP contribution in [0.3, 0.4) is 0 Å². The lowest BCUT2D eigenvalue weighted by molar-refractivity contribution is 0.339. The van der Waals surface area contributed by atoms with Gasteiger partial charge in [0.05, 0.1) is 6.04 Å². The number of nitrogens with zero attached hydrogens (tertiary/aromatic N) is 2. The van der Waals surface area contributed by atoms with Crippen LogP contribution in [0.25, 0.3) is 0 Å². The molecule has 1 aromatic heterocycles. The average molecular weight is 224 g/mol. The lowest BCUT2D eigenvalue weighted by Crippen LogP contribution is -2.34. The molecule has 2 rings (SSSR count). The Morgan fingerprint density at radius 2 is 2.12 bits per heavy atom. The zero-order valence-corrected chi connectivity index (χ0v) is 9.99. The van der Waals surface area contributed by atoms with E-state index in [0.717, 1.165) is 5.82 Å². The minimum Gasteiger partial charge on any atom is -0.305 e. The maximum atomic E-state index is 11.3. The summed E-state index contributed by atoms with van der Waals surface area (Å²) in [7, 11) is 1.75. The molecule has 1 atom stereocenters. The molecule has 0 aliphatic heterocycles. The summed E-state index contributed by atoms with van der Waals surface area (Å²) in [6, 6.07) is 0.711. The monoisotopic (exact) mass is 224 g/mol. The van der Waals surface area contributed by atoms with E-state index >= 15 is 0 Å². The number of aromatic nitrogens is 3. The number of hydrogen-bond acceptors (Lipinski definition) is 3. The van der Waals surface area contributed by atoms with Crippen molar-refractivity contribution >= 4 is 0 Å². The molecule has 1 aromatic rings. The Labute approximate surface area is 95.2 Å². The summed E-state index contributed by atoms with van der Waals surface area (Å²) in [6.07, 6.45) is 6.45. The van der Waals surface area contributed by atoms with Crippen LogP contribution in [0.1, 0.15) is 50.9 Å². The Morgan fingerprint density at radius 1 is 1.44 bits per heavy atom. The molecule has 1 aliphatic rings. The quantitative estimate of drug-likeness (QED) is 0.808. The Balaban J connectivity index is 1.99. The molecule has 5 nitrogen and oxygen atoms in total. The Morgan fingerprint density at radius 3 is 2.69 bits per heavy atom. The summed E-state index contributed by atoms with van der Waals surface area (Å²) in [5.41, 5.74) is -0.146. The minimum atomic E-state index is -0.146. The van der Waals surface area contributed by atoms with Crippen LogP contribution in [0.4, 0.5) is 0 Å². The van der Waals surface area contributed by atoms with Crippen LogP contribution in [0.5, 0.6) is 0 Å². The zero-order chi connectivity index (χ0) is 11.5. The van der Waals surface area contributed by atoms with Crippen molar-refractivity contribution in [3.63, 3.8) is 0 Å². The van der Waals surface area contributed by atoms with Crippen LogP contribution in [0.15, 0.2) is 4.79 Å². The lowest BCUT2D eigenvalue weighted by atomic mass is 9.95. The highest BCUT2D eigenvalue weighted by molar-refractivity contribution is 4.93. The third-order valence-corrected chi connectivity index (χ3v) is 3.39. The maximum absolute atomic E-state index is 11.3. The molecule has 1 saturated carbocycles. The van der Waals surface area contributed by atoms with Gasteiger partial charge in [-0.25, -0.2) is 9.89 Å². The summed E-state index contributed by atoms with van der Waals surface area (Å²) >= 11 is 0. The van der Waals surface area contributed by atoms with Gasteiger partial charge in [-0.05, 0) is 19.8 Å². The van der Waals surface area contributed by atoms with Crippen molar-refractivity contribution in [2.45, 2.75) is 51.1 Å². The van der Waals surface area contributed by atoms with Crippen LogP contribution in [-0.4, -0.2) is 20.8 Å². The van der Waals surface area contributed by atoms with E-state index in [-0.39, 0.29) is 11.7 Å². The highest BCUT2D eigenvalue weighted by atomic mass is 16.1. The number of nitrogens with one attached hydrogen (secondary N) is 2. The molecular weight excluding hydrogens is 204 g/mol. The molecule has 0 radical (unpaired) electrons. The normalized spacial score (nSPS) is 19.9. The van der Waals surface area contributed by atoms with Crippen LogP contribution in [0.2, 0.25) is 0 Å². The number of rotatable bonds is 3. The molecule has 16 heavy (non-hydrogen) atoms. The molecule has 1 heterocycles. The first kappa shape index (κ1) is 11.4. The summed E-state index contributed by atoms with van der Waals surface area (Å²) in [6.45, 7) is 2.06. The summed E-state index contributed by atoms with van der Waals surface area (Å²) in [5, 5.41) is 10.1. The van der Waals surface area contributed by atoms with Gasteiger partial charge in [-0.1, -0.05) is 19.3 Å². The van der Waals surface area contributed by atoms with Gasteiger partial charge in [-0.2, -0.15) is 5.10 Å². The average Bonchev–Trinajstić information content (AvgIpc) is 2.61. The van der Waals surface area contributed by atoms with Gasteiger partial charge in [-0.15, -0.1) is 0 Å². The predicted octanol–water partition coefficient (Wildman–Crippen LogP) is 1.09. The van der Waals surface area contributed by atoms with Gasteiger partial charge in [-0.3, -0.25) is 4.57 Å². The van der Waals surface area contributed by atoms with E-state index in [2.05, 4.69) is 22.4 Å². The first-order valence-corrected chi connectivity index (χ1v) is 6.06. The first-order valence-electron chi connectivity index (χ1n) is 6.06. The van der Waals surface area contributed by atoms with Crippen LogP contribution in [-0.2, 0) is 7.05 Å². The standard InChI is InChI=1S/C11H20N4O/c1-8(10-13-14-11(16)15(10)2)12-9-6-4-3-5-7-9/h8-9,12H,3-7H2,1-2H3,(H,14,16)/t8-/m0/s1. The topological polar surface area (TPSA) is 62.7 Å². The van der Waals surface area contributed by atoms with Gasteiger partial charge >= 0.3 is 5.69 Å². The van der Waals surface area contributed by atoms with E-state index in [1.165, 1.54) is 32.1 Å². The van der Waals surface area contributed by atoms with E-state index in [1.807, 2.05) is 0 Å². The van der Waals surface area contributed by atoms with Crippen LogP contribution < -0.4 is 11.0 Å². The fourth-order valence-corrected chi connectivity index (χ4v) is 2.44. The van der Waals surface area contributed by atoms with Crippen molar-refractivity contribution in [1.29, 1.82) is 0 Å². The fourth-order valence-electron chi connectivity index (χ4n) is 2.44. The van der Waals surface area contributed by atoms with Gasteiger partial charge in [0, 0.05) is 13.1 Å². The third-order valence-electron chi connectivity index (χ3n) is 3.39. The molecular formula is C11H20N4O. The Kier molecular flexibility index (Phi) is 3.43. The fraction of sp³-hybridized carbons (Fsp3) is 0.818. The molecule has 0 bridgehead atoms. The van der Waals surface area contributed by atoms with E-state index in [9.17, 15) is 4.79 Å². The molecule has 0 saturated heterocycles.